The van der Waals surface area contributed by atoms with Crippen molar-refractivity contribution in [1.29, 1.82) is 0 Å². The predicted molar refractivity (Wildman–Crippen MR) is 52.2 cm³/mol. The molecule has 0 aromatic rings. The number of hydrogen-bond donors (Lipinski definition) is 0. The summed E-state index contributed by atoms with van der Waals surface area (Å²) in [7, 11) is 1.79. The maximum Gasteiger partial charge on any atom is 0.0277 e. The van der Waals surface area contributed by atoms with Crippen molar-refractivity contribution in [2.45, 2.75) is 26.7 Å². The highest BCUT2D eigenvalue weighted by atomic mass is 14.6. The average Bonchev–Trinajstić information content (AvgIpc) is 1.87. The molecule has 0 atom stereocenters. The lowest BCUT2D eigenvalue weighted by Gasteiger charge is -1.98. The number of allylic oxidation sites excluding steroid dienone is 3. The molecule has 0 rings (SSSR count). The third-order valence-corrected chi connectivity index (χ3v) is 1.27. The summed E-state index contributed by atoms with van der Waals surface area (Å²) in [6, 6.07) is 0. The molecule has 0 aliphatic carbocycles. The van der Waals surface area contributed by atoms with E-state index >= 15 is 0 Å². The molecular weight excluding hydrogens is 134 g/mol. The molecule has 0 aromatic heterocycles. The zero-order valence-corrected chi connectivity index (χ0v) is 7.72. The van der Waals surface area contributed by atoms with Crippen molar-refractivity contribution >= 4 is 6.21 Å². The summed E-state index contributed by atoms with van der Waals surface area (Å²) < 4.78 is 0. The van der Waals surface area contributed by atoms with E-state index in [1.165, 1.54) is 11.1 Å². The molecule has 0 bridgehead atoms. The first kappa shape index (κ1) is 10.2. The van der Waals surface area contributed by atoms with Crippen molar-refractivity contribution < 1.29 is 0 Å². The Bertz CT molecular complexity index is 175. The Hall–Kier alpha value is -0.850. The summed E-state index contributed by atoms with van der Waals surface area (Å²) in [5, 5.41) is 0. The summed E-state index contributed by atoms with van der Waals surface area (Å²) in [4.78, 5) is 3.97. The van der Waals surface area contributed by atoms with Crippen molar-refractivity contribution in [3.8, 4) is 0 Å². The van der Waals surface area contributed by atoms with Crippen LogP contribution in [0.4, 0.5) is 0 Å². The van der Waals surface area contributed by atoms with Crippen LogP contribution in [0.15, 0.2) is 28.8 Å². The van der Waals surface area contributed by atoms with Crippen molar-refractivity contribution in [3.05, 3.63) is 23.8 Å². The van der Waals surface area contributed by atoms with Crippen LogP contribution in [0.2, 0.25) is 0 Å². The molecule has 0 saturated heterocycles. The topological polar surface area (TPSA) is 12.4 Å². The second-order valence-corrected chi connectivity index (χ2v) is 2.71. The molecule has 0 amide bonds. The lowest BCUT2D eigenvalue weighted by Crippen LogP contribution is -1.86. The van der Waals surface area contributed by atoms with E-state index in [0.29, 0.717) is 0 Å². The summed E-state index contributed by atoms with van der Waals surface area (Å²) in [6.07, 6.45) is 6.10. The minimum absolute atomic E-state index is 0.950. The molecule has 1 heteroatoms. The monoisotopic (exact) mass is 151 g/mol. The third kappa shape index (κ3) is 5.59. The van der Waals surface area contributed by atoms with Gasteiger partial charge in [0.25, 0.3) is 0 Å². The van der Waals surface area contributed by atoms with Crippen LogP contribution in [0.1, 0.15) is 26.7 Å². The SMILES string of the molecule is C=C(C)C/C(C=NC)=C\CC. The Morgan fingerprint density at radius 3 is 2.55 bits per heavy atom. The number of aliphatic imine (C=N–C) groups is 1. The standard InChI is InChI=1S/C10H17N/c1-5-6-10(8-11-4)7-9(2)3/h6,8H,2,5,7H2,1,3-4H3/b10-6+,11-8?. The van der Waals surface area contributed by atoms with Crippen molar-refractivity contribution in [2.75, 3.05) is 7.05 Å². The van der Waals surface area contributed by atoms with E-state index in [1.54, 1.807) is 7.05 Å². The average molecular weight is 151 g/mol. The molecule has 0 spiro atoms. The van der Waals surface area contributed by atoms with Gasteiger partial charge in [-0.1, -0.05) is 25.2 Å². The molecule has 0 unspecified atom stereocenters. The first-order valence-corrected chi connectivity index (χ1v) is 3.96. The van der Waals surface area contributed by atoms with Gasteiger partial charge in [-0.05, 0) is 25.3 Å². The van der Waals surface area contributed by atoms with E-state index in [4.69, 9.17) is 0 Å². The highest BCUT2D eigenvalue weighted by Gasteiger charge is 1.91. The zero-order chi connectivity index (χ0) is 8.69. The second-order valence-electron chi connectivity index (χ2n) is 2.71. The van der Waals surface area contributed by atoms with Crippen molar-refractivity contribution in [3.63, 3.8) is 0 Å². The zero-order valence-electron chi connectivity index (χ0n) is 7.72. The van der Waals surface area contributed by atoms with Crippen LogP contribution in [-0.4, -0.2) is 13.3 Å². The van der Waals surface area contributed by atoms with Crippen molar-refractivity contribution in [1.82, 2.24) is 0 Å². The molecule has 0 aliphatic rings. The summed E-state index contributed by atoms with van der Waals surface area (Å²) in [5.41, 5.74) is 2.45. The van der Waals surface area contributed by atoms with E-state index in [-0.39, 0.29) is 0 Å². The lowest BCUT2D eigenvalue weighted by atomic mass is 10.1. The summed E-state index contributed by atoms with van der Waals surface area (Å²) in [5.74, 6) is 0. The van der Waals surface area contributed by atoms with Gasteiger partial charge in [0, 0.05) is 13.3 Å². The fraction of sp³-hybridized carbons (Fsp3) is 0.500. The third-order valence-electron chi connectivity index (χ3n) is 1.27. The van der Waals surface area contributed by atoms with E-state index in [9.17, 15) is 0 Å². The first-order chi connectivity index (χ1) is 5.20. The number of hydrogen-bond acceptors (Lipinski definition) is 1. The molecule has 62 valence electrons. The molecule has 0 radical (unpaired) electrons. The molecular formula is C10H17N. The Labute approximate surface area is 69.5 Å². The number of rotatable bonds is 4. The molecule has 0 saturated carbocycles. The van der Waals surface area contributed by atoms with Gasteiger partial charge in [-0.2, -0.15) is 0 Å². The van der Waals surface area contributed by atoms with Gasteiger partial charge in [-0.3, -0.25) is 4.99 Å². The fourth-order valence-electron chi connectivity index (χ4n) is 0.947. The molecule has 0 aromatic carbocycles. The molecule has 0 N–H and O–H groups in total. The highest BCUT2D eigenvalue weighted by molar-refractivity contribution is 5.78. The van der Waals surface area contributed by atoms with Gasteiger partial charge in [0.2, 0.25) is 0 Å². The normalized spacial score (nSPS) is 12.5. The van der Waals surface area contributed by atoms with Gasteiger partial charge >= 0.3 is 0 Å². The van der Waals surface area contributed by atoms with Crippen LogP contribution in [-0.2, 0) is 0 Å². The maximum atomic E-state index is 3.97. The summed E-state index contributed by atoms with van der Waals surface area (Å²) in [6.45, 7) is 8.02. The van der Waals surface area contributed by atoms with Gasteiger partial charge in [-0.25, -0.2) is 0 Å². The van der Waals surface area contributed by atoms with Crippen molar-refractivity contribution in [2.24, 2.45) is 4.99 Å². The molecule has 0 aliphatic heterocycles. The fourth-order valence-corrected chi connectivity index (χ4v) is 0.947. The Morgan fingerprint density at radius 1 is 1.55 bits per heavy atom. The van der Waals surface area contributed by atoms with Gasteiger partial charge in [-0.15, -0.1) is 0 Å². The van der Waals surface area contributed by atoms with E-state index in [0.717, 1.165) is 12.8 Å². The summed E-state index contributed by atoms with van der Waals surface area (Å²) >= 11 is 0. The molecule has 11 heavy (non-hydrogen) atoms. The second kappa shape index (κ2) is 5.90. The Balaban J connectivity index is 4.11. The quantitative estimate of drug-likeness (QED) is 0.432. The Morgan fingerprint density at radius 2 is 2.18 bits per heavy atom. The van der Waals surface area contributed by atoms with Crippen LogP contribution in [0.3, 0.4) is 0 Å². The van der Waals surface area contributed by atoms with Crippen LogP contribution in [0.5, 0.6) is 0 Å². The molecule has 1 nitrogen and oxygen atoms in total. The Kier molecular flexibility index (Phi) is 5.44. The van der Waals surface area contributed by atoms with E-state index in [1.807, 2.05) is 13.1 Å². The van der Waals surface area contributed by atoms with Crippen LogP contribution < -0.4 is 0 Å². The first-order valence-electron chi connectivity index (χ1n) is 3.96. The van der Waals surface area contributed by atoms with E-state index < -0.39 is 0 Å². The lowest BCUT2D eigenvalue weighted by molar-refractivity contribution is 1.13. The minimum atomic E-state index is 0.950. The van der Waals surface area contributed by atoms with Gasteiger partial charge < -0.3 is 0 Å². The van der Waals surface area contributed by atoms with Gasteiger partial charge in [0.1, 0.15) is 0 Å². The minimum Gasteiger partial charge on any atom is -0.296 e. The van der Waals surface area contributed by atoms with E-state index in [2.05, 4.69) is 24.6 Å². The van der Waals surface area contributed by atoms with Crippen LogP contribution in [0.25, 0.3) is 0 Å². The van der Waals surface area contributed by atoms with Crippen LogP contribution >= 0.6 is 0 Å². The number of nitrogens with zero attached hydrogens (tertiary/aromatic N) is 1. The largest absolute Gasteiger partial charge is 0.296 e. The predicted octanol–water partition coefficient (Wildman–Crippen LogP) is 2.99. The molecule has 0 heterocycles. The van der Waals surface area contributed by atoms with Gasteiger partial charge in [0.15, 0.2) is 0 Å². The van der Waals surface area contributed by atoms with Crippen LogP contribution in [0, 0.1) is 0 Å². The van der Waals surface area contributed by atoms with Gasteiger partial charge in [0.05, 0.1) is 0 Å². The maximum absolute atomic E-state index is 3.97. The smallest absolute Gasteiger partial charge is 0.0277 e. The molecule has 0 fully saturated rings. The highest BCUT2D eigenvalue weighted by Crippen LogP contribution is 2.06.